The number of benzene rings is 7. The molecule has 1 heterocycles. The summed E-state index contributed by atoms with van der Waals surface area (Å²) >= 11 is 0. The monoisotopic (exact) mass is 719 g/mol. The molecule has 268 valence electrons. The van der Waals surface area contributed by atoms with Crippen molar-refractivity contribution < 1.29 is 0 Å². The van der Waals surface area contributed by atoms with E-state index in [1.54, 1.807) is 5.57 Å². The molecule has 3 nitrogen and oxygen atoms in total. The molecule has 3 unspecified atom stereocenters. The molecule has 7 aromatic carbocycles. The molecule has 1 fully saturated rings. The van der Waals surface area contributed by atoms with Crippen LogP contribution in [0.3, 0.4) is 0 Å². The van der Waals surface area contributed by atoms with Crippen LogP contribution in [0.5, 0.6) is 0 Å². The van der Waals surface area contributed by atoms with Crippen LogP contribution < -0.4 is 0 Å². The Bertz CT molecular complexity index is 2770. The standard InChI is InChI=1S/C53H41N3/c1-34-31-35-29-30-53(39(32-34)33-35)47-26-12-11-21-41(47)44-24-14-25-45(49(44)53)43-27-28-46(42-23-13-22-40(48(42)43)36-15-5-2-6-16-36)52-55-50(37-17-7-3-8-18-37)54-51(56-52)38-19-9-4-10-20-38/h2-28,32,34-35H,29-31,33H2,1H3. The maximum absolute atomic E-state index is 5.22. The Hall–Kier alpha value is -6.45. The minimum atomic E-state index is -0.135. The first-order valence-corrected chi connectivity index (χ1v) is 20.1. The van der Waals surface area contributed by atoms with Gasteiger partial charge in [0.2, 0.25) is 0 Å². The quantitative estimate of drug-likeness (QED) is 0.166. The van der Waals surface area contributed by atoms with Gasteiger partial charge in [0, 0.05) is 22.1 Å². The average molecular weight is 720 g/mol. The molecular formula is C53H41N3. The summed E-state index contributed by atoms with van der Waals surface area (Å²) in [7, 11) is 0. The fourth-order valence-electron chi connectivity index (χ4n) is 10.4. The zero-order valence-corrected chi connectivity index (χ0v) is 31.5. The summed E-state index contributed by atoms with van der Waals surface area (Å²) in [6, 6.07) is 59.0. The van der Waals surface area contributed by atoms with Gasteiger partial charge in [0.25, 0.3) is 0 Å². The van der Waals surface area contributed by atoms with Gasteiger partial charge in [-0.1, -0.05) is 176 Å². The lowest BCUT2D eigenvalue weighted by molar-refractivity contribution is 0.285. The molecule has 0 amide bonds. The molecule has 56 heavy (non-hydrogen) atoms. The highest BCUT2D eigenvalue weighted by atomic mass is 15.0. The average Bonchev–Trinajstić information content (AvgIpc) is 3.55. The molecule has 11 rings (SSSR count). The van der Waals surface area contributed by atoms with Crippen LogP contribution >= 0.6 is 0 Å². The third-order valence-corrected chi connectivity index (χ3v) is 12.7. The Kier molecular flexibility index (Phi) is 7.70. The molecule has 3 aliphatic rings. The Balaban J connectivity index is 1.21. The molecule has 1 aromatic heterocycles. The second-order valence-electron chi connectivity index (χ2n) is 16.0. The Morgan fingerprint density at radius 2 is 1.04 bits per heavy atom. The summed E-state index contributed by atoms with van der Waals surface area (Å²) in [5, 5.41) is 2.35. The van der Waals surface area contributed by atoms with Crippen LogP contribution in [0.1, 0.15) is 43.7 Å². The van der Waals surface area contributed by atoms with Crippen molar-refractivity contribution in [3.63, 3.8) is 0 Å². The van der Waals surface area contributed by atoms with Gasteiger partial charge in [-0.2, -0.15) is 0 Å². The lowest BCUT2D eigenvalue weighted by Crippen LogP contribution is -2.37. The largest absolute Gasteiger partial charge is 0.208 e. The molecule has 3 heteroatoms. The lowest BCUT2D eigenvalue weighted by Gasteiger charge is -2.46. The summed E-state index contributed by atoms with van der Waals surface area (Å²) < 4.78 is 0. The van der Waals surface area contributed by atoms with Gasteiger partial charge in [-0.15, -0.1) is 0 Å². The van der Waals surface area contributed by atoms with Crippen molar-refractivity contribution in [2.75, 3.05) is 0 Å². The van der Waals surface area contributed by atoms with Crippen LogP contribution in [0.25, 0.3) is 78.3 Å². The molecule has 0 saturated heterocycles. The summed E-state index contributed by atoms with van der Waals surface area (Å²) in [6.45, 7) is 2.42. The number of fused-ring (bicyclic) bond motifs is 9. The number of nitrogens with zero attached hydrogens (tertiary/aromatic N) is 3. The van der Waals surface area contributed by atoms with Crippen LogP contribution in [-0.4, -0.2) is 15.0 Å². The highest BCUT2D eigenvalue weighted by Gasteiger charge is 2.50. The van der Waals surface area contributed by atoms with Crippen molar-refractivity contribution in [3.05, 3.63) is 187 Å². The van der Waals surface area contributed by atoms with Gasteiger partial charge in [0.15, 0.2) is 17.5 Å². The molecule has 3 atom stereocenters. The fourth-order valence-corrected chi connectivity index (χ4v) is 10.4. The second-order valence-corrected chi connectivity index (χ2v) is 16.0. The first-order chi connectivity index (χ1) is 27.7. The molecule has 8 aromatic rings. The summed E-state index contributed by atoms with van der Waals surface area (Å²) in [4.78, 5) is 15.5. The van der Waals surface area contributed by atoms with Crippen molar-refractivity contribution in [1.29, 1.82) is 0 Å². The van der Waals surface area contributed by atoms with Crippen LogP contribution in [0.4, 0.5) is 0 Å². The van der Waals surface area contributed by atoms with Gasteiger partial charge >= 0.3 is 0 Å². The fraction of sp³-hybridized carbons (Fsp3) is 0.151. The Morgan fingerprint density at radius 3 is 1.75 bits per heavy atom. The Morgan fingerprint density at radius 1 is 0.482 bits per heavy atom. The van der Waals surface area contributed by atoms with E-state index in [-0.39, 0.29) is 5.41 Å². The highest BCUT2D eigenvalue weighted by molar-refractivity contribution is 6.12. The normalized spacial score (nSPS) is 19.4. The number of hydrogen-bond acceptors (Lipinski definition) is 3. The van der Waals surface area contributed by atoms with E-state index in [4.69, 9.17) is 15.0 Å². The van der Waals surface area contributed by atoms with Crippen LogP contribution in [0.15, 0.2) is 175 Å². The predicted octanol–water partition coefficient (Wildman–Crippen LogP) is 13.4. The zero-order valence-electron chi connectivity index (χ0n) is 31.5. The minimum absolute atomic E-state index is 0.135. The van der Waals surface area contributed by atoms with Gasteiger partial charge in [0.1, 0.15) is 0 Å². The Labute approximate surface area is 328 Å². The van der Waals surface area contributed by atoms with Crippen molar-refractivity contribution >= 4 is 10.8 Å². The van der Waals surface area contributed by atoms with E-state index in [1.807, 2.05) is 36.4 Å². The molecule has 1 spiro atoms. The molecular weight excluding hydrogens is 679 g/mol. The van der Waals surface area contributed by atoms with E-state index < -0.39 is 0 Å². The van der Waals surface area contributed by atoms with Gasteiger partial charge in [0.05, 0.1) is 0 Å². The molecule has 0 N–H and O–H groups in total. The van der Waals surface area contributed by atoms with Crippen molar-refractivity contribution in [1.82, 2.24) is 15.0 Å². The van der Waals surface area contributed by atoms with Gasteiger partial charge in [-0.25, -0.2) is 15.0 Å². The van der Waals surface area contributed by atoms with Crippen LogP contribution in [0.2, 0.25) is 0 Å². The topological polar surface area (TPSA) is 38.7 Å². The van der Waals surface area contributed by atoms with Crippen LogP contribution in [-0.2, 0) is 5.41 Å². The first kappa shape index (κ1) is 32.9. The number of hydrogen-bond donors (Lipinski definition) is 0. The van der Waals surface area contributed by atoms with E-state index in [9.17, 15) is 0 Å². The van der Waals surface area contributed by atoms with Crippen molar-refractivity contribution in [2.24, 2.45) is 11.8 Å². The van der Waals surface area contributed by atoms with Gasteiger partial charge < -0.3 is 0 Å². The summed E-state index contributed by atoms with van der Waals surface area (Å²) in [5.41, 5.74) is 15.1. The minimum Gasteiger partial charge on any atom is -0.208 e. The van der Waals surface area contributed by atoms with Crippen molar-refractivity contribution in [3.8, 4) is 67.5 Å². The first-order valence-electron chi connectivity index (χ1n) is 20.1. The third kappa shape index (κ3) is 5.14. The maximum atomic E-state index is 5.22. The molecule has 0 radical (unpaired) electrons. The number of rotatable bonds is 5. The number of aromatic nitrogens is 3. The lowest BCUT2D eigenvalue weighted by atomic mass is 9.57. The summed E-state index contributed by atoms with van der Waals surface area (Å²) in [6.07, 6.45) is 7.54. The second kappa shape index (κ2) is 13.1. The third-order valence-electron chi connectivity index (χ3n) is 12.7. The van der Waals surface area contributed by atoms with E-state index in [2.05, 4.69) is 140 Å². The van der Waals surface area contributed by atoms with Gasteiger partial charge in [-0.05, 0) is 98.9 Å². The number of allylic oxidation sites excluding steroid dienone is 2. The van der Waals surface area contributed by atoms with Gasteiger partial charge in [-0.3, -0.25) is 0 Å². The van der Waals surface area contributed by atoms with E-state index >= 15 is 0 Å². The van der Waals surface area contributed by atoms with Crippen molar-refractivity contribution in [2.45, 2.75) is 38.0 Å². The molecule has 3 aliphatic carbocycles. The molecule has 2 bridgehead atoms. The zero-order chi connectivity index (χ0) is 37.2. The molecule has 0 aliphatic heterocycles. The smallest absolute Gasteiger partial charge is 0.164 e. The summed E-state index contributed by atoms with van der Waals surface area (Å²) in [5.74, 6) is 3.36. The highest BCUT2D eigenvalue weighted by Crippen LogP contribution is 2.63. The van der Waals surface area contributed by atoms with Crippen LogP contribution in [0, 0.1) is 11.8 Å². The maximum Gasteiger partial charge on any atom is 0.164 e. The SMILES string of the molecule is CC1C=C2CC(CCC23c2ccccc2-c2cccc(-c4ccc(-c5nc(-c6ccccc6)nc(-c6ccccc6)n5)c5cccc(-c6ccccc6)c45)c23)C1. The predicted molar refractivity (Wildman–Crippen MR) is 230 cm³/mol. The molecule has 1 saturated carbocycles. The van der Waals surface area contributed by atoms with E-state index in [1.165, 1.54) is 69.2 Å². The van der Waals surface area contributed by atoms with E-state index in [0.29, 0.717) is 23.4 Å². The van der Waals surface area contributed by atoms with E-state index in [0.717, 1.165) is 34.4 Å².